The van der Waals surface area contributed by atoms with Crippen LogP contribution in [-0.4, -0.2) is 33.2 Å². The largest absolute Gasteiger partial charge is 0.496 e. The van der Waals surface area contributed by atoms with Gasteiger partial charge in [-0.05, 0) is 25.1 Å². The maximum Gasteiger partial charge on any atom is 0.244 e. The number of nitrogens with one attached hydrogen (secondary N) is 1. The van der Waals surface area contributed by atoms with Crippen molar-refractivity contribution in [1.29, 1.82) is 0 Å². The Morgan fingerprint density at radius 2 is 2.00 bits per heavy atom. The molecule has 1 aromatic heterocycles. The van der Waals surface area contributed by atoms with Crippen molar-refractivity contribution >= 4 is 5.91 Å². The van der Waals surface area contributed by atoms with Crippen molar-refractivity contribution in [3.63, 3.8) is 0 Å². The topological polar surface area (TPSA) is 81.9 Å². The summed E-state index contributed by atoms with van der Waals surface area (Å²) in [6.07, 6.45) is 0. The Labute approximate surface area is 152 Å². The van der Waals surface area contributed by atoms with Gasteiger partial charge in [0.25, 0.3) is 0 Å². The Bertz CT molecular complexity index is 892. The number of hydrogen-bond acceptors (Lipinski definition) is 5. The summed E-state index contributed by atoms with van der Waals surface area (Å²) in [5, 5.41) is 15.2. The molecule has 0 aliphatic carbocycles. The zero-order chi connectivity index (χ0) is 18.5. The first-order valence-electron chi connectivity index (χ1n) is 8.34. The highest BCUT2D eigenvalue weighted by Crippen LogP contribution is 2.26. The van der Waals surface area contributed by atoms with E-state index < -0.39 is 0 Å². The van der Waals surface area contributed by atoms with Crippen LogP contribution in [0.2, 0.25) is 0 Å². The summed E-state index contributed by atoms with van der Waals surface area (Å²) < 4.78 is 5.38. The van der Waals surface area contributed by atoms with Crippen LogP contribution in [0.25, 0.3) is 11.4 Å². The predicted octanol–water partition coefficient (Wildman–Crippen LogP) is 2.53. The lowest BCUT2D eigenvalue weighted by atomic mass is 10.0. The molecule has 1 amide bonds. The molecule has 0 aliphatic heterocycles. The fraction of sp³-hybridized carbons (Fsp3) is 0.263. The summed E-state index contributed by atoms with van der Waals surface area (Å²) >= 11 is 0. The molecule has 26 heavy (non-hydrogen) atoms. The fourth-order valence-electron chi connectivity index (χ4n) is 2.70. The molecule has 0 radical (unpaired) electrons. The molecule has 1 heterocycles. The van der Waals surface area contributed by atoms with Gasteiger partial charge in [0.15, 0.2) is 0 Å². The van der Waals surface area contributed by atoms with E-state index in [1.165, 1.54) is 4.80 Å². The van der Waals surface area contributed by atoms with Crippen molar-refractivity contribution < 1.29 is 9.53 Å². The van der Waals surface area contributed by atoms with Gasteiger partial charge in [0.05, 0.1) is 13.2 Å². The quantitative estimate of drug-likeness (QED) is 0.738. The van der Waals surface area contributed by atoms with Crippen molar-refractivity contribution in [1.82, 2.24) is 25.5 Å². The molecule has 3 rings (SSSR count). The lowest BCUT2D eigenvalue weighted by Crippen LogP contribution is -2.31. The van der Waals surface area contributed by atoms with Gasteiger partial charge in [-0.2, -0.15) is 4.80 Å². The number of benzene rings is 2. The minimum Gasteiger partial charge on any atom is -0.496 e. The monoisotopic (exact) mass is 351 g/mol. The number of nitrogens with zero attached hydrogens (tertiary/aromatic N) is 4. The van der Waals surface area contributed by atoms with Crippen LogP contribution in [0.5, 0.6) is 5.75 Å². The number of methoxy groups -OCH3 is 1. The second kappa shape index (κ2) is 7.77. The molecule has 0 aliphatic rings. The third-order valence-corrected chi connectivity index (χ3v) is 4.00. The van der Waals surface area contributed by atoms with Gasteiger partial charge in [0, 0.05) is 11.1 Å². The molecule has 0 fully saturated rings. The summed E-state index contributed by atoms with van der Waals surface area (Å²) in [5.74, 6) is 1.04. The molecule has 1 unspecified atom stereocenters. The van der Waals surface area contributed by atoms with Crippen molar-refractivity contribution in [2.75, 3.05) is 7.11 Å². The van der Waals surface area contributed by atoms with E-state index >= 15 is 0 Å². The van der Waals surface area contributed by atoms with Crippen LogP contribution in [0.4, 0.5) is 0 Å². The third-order valence-electron chi connectivity index (χ3n) is 4.00. The number of rotatable bonds is 6. The van der Waals surface area contributed by atoms with Crippen LogP contribution >= 0.6 is 0 Å². The number of carbonyl (C=O) groups is 1. The molecule has 134 valence electrons. The summed E-state index contributed by atoms with van der Waals surface area (Å²) in [6.45, 7) is 3.92. The Morgan fingerprint density at radius 3 is 2.73 bits per heavy atom. The minimum atomic E-state index is -0.200. The lowest BCUT2D eigenvalue weighted by Gasteiger charge is -2.17. The molecular weight excluding hydrogens is 330 g/mol. The Kier molecular flexibility index (Phi) is 5.26. The molecular formula is C19H21N5O2. The average molecular weight is 351 g/mol. The van der Waals surface area contributed by atoms with E-state index in [2.05, 4.69) is 20.7 Å². The molecule has 0 spiro atoms. The summed E-state index contributed by atoms with van der Waals surface area (Å²) in [5.41, 5.74) is 2.89. The molecule has 0 bridgehead atoms. The first-order valence-corrected chi connectivity index (χ1v) is 8.34. The van der Waals surface area contributed by atoms with Crippen LogP contribution in [-0.2, 0) is 11.3 Å². The van der Waals surface area contributed by atoms with E-state index in [1.807, 2.05) is 62.4 Å². The van der Waals surface area contributed by atoms with Crippen molar-refractivity contribution in [2.45, 2.75) is 26.4 Å². The van der Waals surface area contributed by atoms with Crippen LogP contribution in [0, 0.1) is 6.92 Å². The second-order valence-electron chi connectivity index (χ2n) is 6.04. The zero-order valence-corrected chi connectivity index (χ0v) is 15.0. The van der Waals surface area contributed by atoms with Gasteiger partial charge in [-0.25, -0.2) is 0 Å². The maximum atomic E-state index is 12.3. The van der Waals surface area contributed by atoms with Gasteiger partial charge in [-0.1, -0.05) is 48.0 Å². The minimum absolute atomic E-state index is 0.00168. The van der Waals surface area contributed by atoms with E-state index in [0.717, 1.165) is 22.4 Å². The van der Waals surface area contributed by atoms with Crippen LogP contribution in [0.1, 0.15) is 24.1 Å². The lowest BCUT2D eigenvalue weighted by molar-refractivity contribution is -0.122. The molecule has 0 saturated carbocycles. The first kappa shape index (κ1) is 17.6. The standard InChI is InChI=1S/C19H21N5O2/c1-13-9-10-17(26-3)16(11-13)14(2)20-18(25)12-24-22-19(21-23-24)15-7-5-4-6-8-15/h4-11,14H,12H2,1-3H3,(H,20,25). The molecule has 1 N–H and O–H groups in total. The van der Waals surface area contributed by atoms with Gasteiger partial charge in [0.1, 0.15) is 12.3 Å². The Hall–Kier alpha value is -3.22. The van der Waals surface area contributed by atoms with Crippen LogP contribution in [0.3, 0.4) is 0 Å². The number of aryl methyl sites for hydroxylation is 1. The van der Waals surface area contributed by atoms with Gasteiger partial charge in [-0.3, -0.25) is 4.79 Å². The van der Waals surface area contributed by atoms with Gasteiger partial charge >= 0.3 is 0 Å². The van der Waals surface area contributed by atoms with Crippen molar-refractivity contribution in [3.05, 3.63) is 59.7 Å². The predicted molar refractivity (Wildman–Crippen MR) is 97.5 cm³/mol. The van der Waals surface area contributed by atoms with Gasteiger partial charge in [0.2, 0.25) is 11.7 Å². The fourth-order valence-corrected chi connectivity index (χ4v) is 2.70. The SMILES string of the molecule is COc1ccc(C)cc1C(C)NC(=O)Cn1nnc(-c2ccccc2)n1. The highest BCUT2D eigenvalue weighted by molar-refractivity contribution is 5.76. The molecule has 7 heteroatoms. The van der Waals surface area contributed by atoms with E-state index in [9.17, 15) is 4.79 Å². The molecule has 2 aromatic carbocycles. The maximum absolute atomic E-state index is 12.3. The highest BCUT2D eigenvalue weighted by Gasteiger charge is 2.16. The summed E-state index contributed by atoms with van der Waals surface area (Å²) in [4.78, 5) is 13.6. The molecule has 0 saturated heterocycles. The number of tetrazole rings is 1. The molecule has 7 nitrogen and oxygen atoms in total. The smallest absolute Gasteiger partial charge is 0.244 e. The van der Waals surface area contributed by atoms with E-state index in [1.54, 1.807) is 7.11 Å². The van der Waals surface area contributed by atoms with Crippen LogP contribution in [0.15, 0.2) is 48.5 Å². The number of amides is 1. The van der Waals surface area contributed by atoms with Gasteiger partial charge in [-0.15, -0.1) is 10.2 Å². The number of ether oxygens (including phenoxy) is 1. The average Bonchev–Trinajstić information content (AvgIpc) is 3.10. The van der Waals surface area contributed by atoms with Crippen LogP contribution < -0.4 is 10.1 Å². The number of carbonyl (C=O) groups excluding carboxylic acids is 1. The zero-order valence-electron chi connectivity index (χ0n) is 15.0. The van der Waals surface area contributed by atoms with E-state index in [0.29, 0.717) is 5.82 Å². The number of hydrogen-bond donors (Lipinski definition) is 1. The summed E-state index contributed by atoms with van der Waals surface area (Å²) in [6, 6.07) is 15.2. The third kappa shape index (κ3) is 4.05. The van der Waals surface area contributed by atoms with Gasteiger partial charge < -0.3 is 10.1 Å². The van der Waals surface area contributed by atoms with E-state index in [-0.39, 0.29) is 18.5 Å². The first-order chi connectivity index (χ1) is 12.6. The molecule has 3 aromatic rings. The summed E-state index contributed by atoms with van der Waals surface area (Å²) in [7, 11) is 1.62. The Balaban J connectivity index is 1.66. The van der Waals surface area contributed by atoms with E-state index in [4.69, 9.17) is 4.74 Å². The normalized spacial score (nSPS) is 11.8. The highest BCUT2D eigenvalue weighted by atomic mass is 16.5. The number of aromatic nitrogens is 4. The van der Waals surface area contributed by atoms with Crippen molar-refractivity contribution in [3.8, 4) is 17.1 Å². The van der Waals surface area contributed by atoms with Crippen molar-refractivity contribution in [2.24, 2.45) is 0 Å². The second-order valence-corrected chi connectivity index (χ2v) is 6.04. The molecule has 1 atom stereocenters. The Morgan fingerprint density at radius 1 is 1.23 bits per heavy atom.